The molecule has 94 valence electrons. The number of ether oxygens (including phenoxy) is 1. The lowest BCUT2D eigenvalue weighted by Gasteiger charge is -2.17. The van der Waals surface area contributed by atoms with Crippen LogP contribution in [-0.2, 0) is 9.53 Å². The summed E-state index contributed by atoms with van der Waals surface area (Å²) < 4.78 is 17.3. The third kappa shape index (κ3) is 3.21. The second-order valence-corrected chi connectivity index (χ2v) is 3.51. The van der Waals surface area contributed by atoms with Crippen LogP contribution in [-0.4, -0.2) is 33.9 Å². The van der Waals surface area contributed by atoms with Gasteiger partial charge in [-0.15, -0.1) is 0 Å². The van der Waals surface area contributed by atoms with Crippen molar-refractivity contribution in [2.75, 3.05) is 6.61 Å². The Kier molecular flexibility index (Phi) is 4.53. The van der Waals surface area contributed by atoms with Gasteiger partial charge in [-0.1, -0.05) is 0 Å². The zero-order valence-electron chi connectivity index (χ0n) is 9.55. The Morgan fingerprint density at radius 2 is 2.24 bits per heavy atom. The first-order valence-electron chi connectivity index (χ1n) is 5.12. The molecule has 2 N–H and O–H groups in total. The zero-order chi connectivity index (χ0) is 13.0. The smallest absolute Gasteiger partial charge is 0.338 e. The van der Waals surface area contributed by atoms with Crippen LogP contribution in [0.2, 0.25) is 0 Å². The van der Waals surface area contributed by atoms with Crippen LogP contribution in [0.5, 0.6) is 0 Å². The van der Waals surface area contributed by atoms with Gasteiger partial charge in [0.1, 0.15) is 6.10 Å². The fourth-order valence-corrected chi connectivity index (χ4v) is 1.37. The van der Waals surface area contributed by atoms with Gasteiger partial charge in [0, 0.05) is 11.8 Å². The van der Waals surface area contributed by atoms with E-state index in [1.54, 1.807) is 13.8 Å². The Hall–Kier alpha value is -1.53. The maximum Gasteiger partial charge on any atom is 0.338 e. The molecular formula is C11H14FNO4. The zero-order valence-corrected chi connectivity index (χ0v) is 9.55. The number of hydrogen-bond donors (Lipinski definition) is 2. The maximum atomic E-state index is 12.7. The Balaban J connectivity index is 2.88. The minimum atomic E-state index is -1.71. The molecule has 1 heterocycles. The highest BCUT2D eigenvalue weighted by Gasteiger charge is 2.28. The molecule has 0 amide bonds. The van der Waals surface area contributed by atoms with Crippen LogP contribution in [0, 0.1) is 12.9 Å². The minimum absolute atomic E-state index is 0.100. The standard InChI is InChI=1S/C11H14FNO4/c1-3-17-11(16)10(15)9(14)7-5-13-8(12)4-6(7)2/h4-5,9-10,14-15H,3H2,1-2H3. The fourth-order valence-electron chi connectivity index (χ4n) is 1.37. The number of hydrogen-bond acceptors (Lipinski definition) is 5. The monoisotopic (exact) mass is 243 g/mol. The largest absolute Gasteiger partial charge is 0.464 e. The number of nitrogens with zero attached hydrogens (tertiary/aromatic N) is 1. The van der Waals surface area contributed by atoms with Crippen molar-refractivity contribution in [2.24, 2.45) is 0 Å². The lowest BCUT2D eigenvalue weighted by atomic mass is 10.0. The number of rotatable bonds is 4. The van der Waals surface area contributed by atoms with Crippen molar-refractivity contribution in [3.8, 4) is 0 Å². The number of carbonyl (C=O) groups excluding carboxylic acids is 1. The summed E-state index contributed by atoms with van der Waals surface area (Å²) in [5, 5.41) is 19.3. The van der Waals surface area contributed by atoms with Crippen molar-refractivity contribution >= 4 is 5.97 Å². The average molecular weight is 243 g/mol. The molecule has 0 radical (unpaired) electrons. The first-order chi connectivity index (χ1) is 7.97. The molecule has 0 aliphatic rings. The van der Waals surface area contributed by atoms with Crippen LogP contribution in [0.4, 0.5) is 4.39 Å². The predicted octanol–water partition coefficient (Wildman–Crippen LogP) is 0.487. The first-order valence-corrected chi connectivity index (χ1v) is 5.12. The second-order valence-electron chi connectivity index (χ2n) is 3.51. The molecule has 0 aliphatic heterocycles. The van der Waals surface area contributed by atoms with Crippen molar-refractivity contribution in [1.29, 1.82) is 0 Å². The normalized spacial score (nSPS) is 14.2. The van der Waals surface area contributed by atoms with Gasteiger partial charge in [0.15, 0.2) is 6.10 Å². The number of aliphatic hydroxyl groups is 2. The van der Waals surface area contributed by atoms with E-state index in [0.29, 0.717) is 5.56 Å². The van der Waals surface area contributed by atoms with E-state index < -0.39 is 24.1 Å². The van der Waals surface area contributed by atoms with Crippen molar-refractivity contribution < 1.29 is 24.1 Å². The van der Waals surface area contributed by atoms with Gasteiger partial charge in [0.05, 0.1) is 6.61 Å². The molecule has 0 fully saturated rings. The summed E-state index contributed by atoms with van der Waals surface area (Å²) in [5.74, 6) is -1.62. The van der Waals surface area contributed by atoms with E-state index in [2.05, 4.69) is 9.72 Å². The highest BCUT2D eigenvalue weighted by atomic mass is 19.1. The predicted molar refractivity (Wildman–Crippen MR) is 56.5 cm³/mol. The van der Waals surface area contributed by atoms with Gasteiger partial charge in [0.25, 0.3) is 0 Å². The highest BCUT2D eigenvalue weighted by molar-refractivity contribution is 5.75. The van der Waals surface area contributed by atoms with Gasteiger partial charge in [-0.2, -0.15) is 4.39 Å². The fraction of sp³-hybridized carbons (Fsp3) is 0.455. The molecule has 5 nitrogen and oxygen atoms in total. The van der Waals surface area contributed by atoms with E-state index in [9.17, 15) is 19.4 Å². The summed E-state index contributed by atoms with van der Waals surface area (Å²) in [4.78, 5) is 14.6. The number of esters is 1. The quantitative estimate of drug-likeness (QED) is 0.594. The number of pyridine rings is 1. The average Bonchev–Trinajstić information content (AvgIpc) is 2.27. The lowest BCUT2D eigenvalue weighted by Crippen LogP contribution is -2.30. The summed E-state index contributed by atoms with van der Waals surface area (Å²) in [5.41, 5.74) is 0.584. The molecule has 0 saturated heterocycles. The molecule has 0 saturated carbocycles. The molecule has 0 bridgehead atoms. The van der Waals surface area contributed by atoms with Crippen LogP contribution in [0.3, 0.4) is 0 Å². The van der Waals surface area contributed by atoms with E-state index in [1.165, 1.54) is 0 Å². The van der Waals surface area contributed by atoms with Crippen LogP contribution >= 0.6 is 0 Å². The Bertz CT molecular complexity index is 410. The van der Waals surface area contributed by atoms with Crippen LogP contribution in [0.1, 0.15) is 24.2 Å². The third-order valence-corrected chi connectivity index (χ3v) is 2.26. The number of aromatic nitrogens is 1. The minimum Gasteiger partial charge on any atom is -0.464 e. The molecule has 1 aromatic heterocycles. The Morgan fingerprint density at radius 1 is 1.59 bits per heavy atom. The summed E-state index contributed by atoms with van der Waals surface area (Å²) in [6, 6.07) is 1.11. The van der Waals surface area contributed by atoms with Gasteiger partial charge >= 0.3 is 5.97 Å². The number of aliphatic hydroxyl groups excluding tert-OH is 2. The summed E-state index contributed by atoms with van der Waals surface area (Å²) >= 11 is 0. The van der Waals surface area contributed by atoms with Crippen LogP contribution in [0.15, 0.2) is 12.3 Å². The van der Waals surface area contributed by atoms with Crippen molar-refractivity contribution in [3.63, 3.8) is 0 Å². The van der Waals surface area contributed by atoms with Gasteiger partial charge < -0.3 is 14.9 Å². The lowest BCUT2D eigenvalue weighted by molar-refractivity contribution is -0.159. The molecule has 2 atom stereocenters. The molecule has 0 spiro atoms. The van der Waals surface area contributed by atoms with E-state index in [-0.39, 0.29) is 12.2 Å². The first kappa shape index (κ1) is 13.5. The van der Waals surface area contributed by atoms with Crippen LogP contribution in [0.25, 0.3) is 0 Å². The third-order valence-electron chi connectivity index (χ3n) is 2.26. The summed E-state index contributed by atoms with van der Waals surface area (Å²) in [6.07, 6.45) is -2.11. The molecule has 2 unspecified atom stereocenters. The Morgan fingerprint density at radius 3 is 2.76 bits per heavy atom. The molecule has 1 aromatic rings. The molecular weight excluding hydrogens is 229 g/mol. The van der Waals surface area contributed by atoms with E-state index in [0.717, 1.165) is 12.3 Å². The van der Waals surface area contributed by atoms with Gasteiger partial charge in [-0.25, -0.2) is 9.78 Å². The SMILES string of the molecule is CCOC(=O)C(O)C(O)c1cnc(F)cc1C. The number of aryl methyl sites for hydroxylation is 1. The maximum absolute atomic E-state index is 12.7. The van der Waals surface area contributed by atoms with Crippen molar-refractivity contribution in [1.82, 2.24) is 4.98 Å². The van der Waals surface area contributed by atoms with Crippen molar-refractivity contribution in [2.45, 2.75) is 26.1 Å². The van der Waals surface area contributed by atoms with E-state index in [1.807, 2.05) is 0 Å². The Labute approximate surface area is 97.9 Å². The van der Waals surface area contributed by atoms with E-state index >= 15 is 0 Å². The summed E-state index contributed by atoms with van der Waals surface area (Å²) in [6.45, 7) is 3.23. The number of halogens is 1. The molecule has 1 rings (SSSR count). The number of carbonyl (C=O) groups is 1. The summed E-state index contributed by atoms with van der Waals surface area (Å²) in [7, 11) is 0. The second kappa shape index (κ2) is 5.70. The molecule has 17 heavy (non-hydrogen) atoms. The van der Waals surface area contributed by atoms with Crippen LogP contribution < -0.4 is 0 Å². The van der Waals surface area contributed by atoms with Gasteiger partial charge in [0.2, 0.25) is 5.95 Å². The molecule has 0 aliphatic carbocycles. The molecule has 6 heteroatoms. The topological polar surface area (TPSA) is 79.7 Å². The van der Waals surface area contributed by atoms with Crippen molar-refractivity contribution in [3.05, 3.63) is 29.3 Å². The van der Waals surface area contributed by atoms with Gasteiger partial charge in [-0.3, -0.25) is 0 Å². The molecule has 0 aromatic carbocycles. The van der Waals surface area contributed by atoms with Gasteiger partial charge in [-0.05, 0) is 25.5 Å². The van der Waals surface area contributed by atoms with E-state index in [4.69, 9.17) is 0 Å². The highest BCUT2D eigenvalue weighted by Crippen LogP contribution is 2.21.